The van der Waals surface area contributed by atoms with Gasteiger partial charge in [-0.15, -0.1) is 0 Å². The van der Waals surface area contributed by atoms with Crippen LogP contribution >= 0.6 is 27.5 Å². The van der Waals surface area contributed by atoms with Crippen molar-refractivity contribution < 1.29 is 9.66 Å². The van der Waals surface area contributed by atoms with Crippen LogP contribution in [0.1, 0.15) is 13.8 Å². The molecular weight excluding hydrogens is 348 g/mol. The van der Waals surface area contributed by atoms with E-state index >= 15 is 0 Å². The van der Waals surface area contributed by atoms with E-state index in [2.05, 4.69) is 27.8 Å². The van der Waals surface area contributed by atoms with Crippen LogP contribution in [0.4, 0.5) is 5.69 Å². The van der Waals surface area contributed by atoms with Crippen LogP contribution in [0.3, 0.4) is 0 Å². The van der Waals surface area contributed by atoms with Gasteiger partial charge in [-0.1, -0.05) is 32.0 Å². The molecule has 0 amide bonds. The Balaban J connectivity index is 2.77. The number of halogens is 2. The van der Waals surface area contributed by atoms with Gasteiger partial charge in [-0.3, -0.25) is 10.1 Å². The maximum atomic E-state index is 11.0. The molecule has 110 valence electrons. The molecule has 0 aliphatic heterocycles. The molecule has 0 bridgehead atoms. The summed E-state index contributed by atoms with van der Waals surface area (Å²) in [4.78, 5) is 10.5. The first kappa shape index (κ1) is 16.9. The van der Waals surface area contributed by atoms with Gasteiger partial charge < -0.3 is 10.1 Å². The largest absolute Gasteiger partial charge is 0.481 e. The normalized spacial score (nSPS) is 10.7. The SMILES string of the molecule is C=C(CNC(C)C)COc1c(Br)cc(Cl)cc1[N+](=O)[O-]. The molecule has 0 saturated carbocycles. The van der Waals surface area contributed by atoms with E-state index in [4.69, 9.17) is 16.3 Å². The van der Waals surface area contributed by atoms with Gasteiger partial charge in [-0.2, -0.15) is 0 Å². The summed E-state index contributed by atoms with van der Waals surface area (Å²) in [5.41, 5.74) is 0.629. The van der Waals surface area contributed by atoms with Gasteiger partial charge >= 0.3 is 5.69 Å². The lowest BCUT2D eigenvalue weighted by molar-refractivity contribution is -0.385. The molecule has 0 aromatic heterocycles. The van der Waals surface area contributed by atoms with Crippen LogP contribution in [0, 0.1) is 10.1 Å². The molecule has 0 heterocycles. The number of nitro benzene ring substituents is 1. The Hall–Kier alpha value is -1.11. The number of ether oxygens (including phenoxy) is 1. The lowest BCUT2D eigenvalue weighted by Crippen LogP contribution is -2.26. The molecule has 5 nitrogen and oxygen atoms in total. The molecule has 0 saturated heterocycles. The average Bonchev–Trinajstić information content (AvgIpc) is 2.34. The van der Waals surface area contributed by atoms with E-state index in [0.717, 1.165) is 5.57 Å². The molecule has 0 unspecified atom stereocenters. The van der Waals surface area contributed by atoms with Gasteiger partial charge in [0.1, 0.15) is 6.61 Å². The zero-order valence-electron chi connectivity index (χ0n) is 11.3. The quantitative estimate of drug-likeness (QED) is 0.453. The van der Waals surface area contributed by atoms with Gasteiger partial charge in [0, 0.05) is 23.7 Å². The Bertz CT molecular complexity index is 521. The maximum absolute atomic E-state index is 11.0. The van der Waals surface area contributed by atoms with Gasteiger partial charge in [0.25, 0.3) is 0 Å². The molecule has 1 rings (SSSR count). The van der Waals surface area contributed by atoms with Crippen LogP contribution in [-0.2, 0) is 0 Å². The van der Waals surface area contributed by atoms with Crippen LogP contribution in [0.15, 0.2) is 28.8 Å². The summed E-state index contributed by atoms with van der Waals surface area (Å²) < 4.78 is 5.94. The van der Waals surface area contributed by atoms with E-state index in [1.54, 1.807) is 6.07 Å². The minimum Gasteiger partial charge on any atom is -0.481 e. The van der Waals surface area contributed by atoms with E-state index in [9.17, 15) is 10.1 Å². The highest BCUT2D eigenvalue weighted by molar-refractivity contribution is 9.10. The molecular formula is C13H16BrClN2O3. The standard InChI is InChI=1S/C13H16BrClN2O3/c1-8(2)16-6-9(3)7-20-13-11(14)4-10(15)5-12(13)17(18)19/h4-5,8,16H,3,6-7H2,1-2H3. The molecule has 0 aliphatic carbocycles. The number of nitrogens with one attached hydrogen (secondary N) is 1. The van der Waals surface area contributed by atoms with Crippen molar-refractivity contribution in [1.29, 1.82) is 0 Å². The fraction of sp³-hybridized carbons (Fsp3) is 0.385. The second-order valence-electron chi connectivity index (χ2n) is 4.57. The topological polar surface area (TPSA) is 64.4 Å². The van der Waals surface area contributed by atoms with Crippen molar-refractivity contribution in [1.82, 2.24) is 5.32 Å². The van der Waals surface area contributed by atoms with Gasteiger partial charge in [-0.05, 0) is 27.6 Å². The first-order chi connectivity index (χ1) is 9.31. The fourth-order valence-corrected chi connectivity index (χ4v) is 2.31. The number of nitrogens with zero attached hydrogens (tertiary/aromatic N) is 1. The molecule has 0 atom stereocenters. The third-order valence-electron chi connectivity index (χ3n) is 2.37. The van der Waals surface area contributed by atoms with E-state index in [1.165, 1.54) is 6.07 Å². The summed E-state index contributed by atoms with van der Waals surface area (Å²) in [5, 5.41) is 14.5. The molecule has 0 fully saturated rings. The Kier molecular flexibility index (Phi) is 6.45. The zero-order valence-corrected chi connectivity index (χ0v) is 13.6. The third-order valence-corrected chi connectivity index (χ3v) is 3.17. The summed E-state index contributed by atoms with van der Waals surface area (Å²) >= 11 is 9.02. The molecule has 0 spiro atoms. The summed E-state index contributed by atoms with van der Waals surface area (Å²) in [6.07, 6.45) is 0. The summed E-state index contributed by atoms with van der Waals surface area (Å²) in [7, 11) is 0. The monoisotopic (exact) mass is 362 g/mol. The lowest BCUT2D eigenvalue weighted by atomic mass is 10.2. The molecule has 7 heteroatoms. The van der Waals surface area contributed by atoms with Gasteiger partial charge in [0.05, 0.1) is 9.40 Å². The minimum atomic E-state index is -0.527. The molecule has 0 aliphatic rings. The number of rotatable bonds is 7. The van der Waals surface area contributed by atoms with Crippen LogP contribution in [0.25, 0.3) is 0 Å². The highest BCUT2D eigenvalue weighted by atomic mass is 79.9. The minimum absolute atomic E-state index is 0.157. The second-order valence-corrected chi connectivity index (χ2v) is 5.86. The second kappa shape index (κ2) is 7.61. The van der Waals surface area contributed by atoms with Crippen molar-refractivity contribution in [3.8, 4) is 5.75 Å². The summed E-state index contributed by atoms with van der Waals surface area (Å²) in [6, 6.07) is 3.15. The first-order valence-corrected chi connectivity index (χ1v) is 7.14. The number of hydrogen-bond acceptors (Lipinski definition) is 4. The van der Waals surface area contributed by atoms with E-state index in [0.29, 0.717) is 17.1 Å². The third kappa shape index (κ3) is 5.11. The highest BCUT2D eigenvalue weighted by Gasteiger charge is 2.20. The Morgan fingerprint density at radius 2 is 2.25 bits per heavy atom. The van der Waals surface area contributed by atoms with Gasteiger partial charge in [0.2, 0.25) is 5.75 Å². The van der Waals surface area contributed by atoms with Gasteiger partial charge in [0.15, 0.2) is 0 Å². The van der Waals surface area contributed by atoms with Crippen molar-refractivity contribution in [2.45, 2.75) is 19.9 Å². The number of hydrogen-bond donors (Lipinski definition) is 1. The summed E-state index contributed by atoms with van der Waals surface area (Å²) in [6.45, 7) is 8.70. The number of benzene rings is 1. The van der Waals surface area contributed by atoms with Crippen LogP contribution < -0.4 is 10.1 Å². The van der Waals surface area contributed by atoms with Crippen molar-refractivity contribution in [3.63, 3.8) is 0 Å². The van der Waals surface area contributed by atoms with Gasteiger partial charge in [-0.25, -0.2) is 0 Å². The average molecular weight is 364 g/mol. The van der Waals surface area contributed by atoms with E-state index < -0.39 is 4.92 Å². The van der Waals surface area contributed by atoms with Crippen molar-refractivity contribution in [2.75, 3.05) is 13.2 Å². The van der Waals surface area contributed by atoms with Crippen LogP contribution in [0.2, 0.25) is 5.02 Å². The maximum Gasteiger partial charge on any atom is 0.313 e. The van der Waals surface area contributed by atoms with E-state index in [1.807, 2.05) is 13.8 Å². The molecule has 1 aromatic rings. The molecule has 1 aromatic carbocycles. The van der Waals surface area contributed by atoms with Crippen LogP contribution in [0.5, 0.6) is 5.75 Å². The Labute approximate surface area is 131 Å². The predicted molar refractivity (Wildman–Crippen MR) is 83.6 cm³/mol. The van der Waals surface area contributed by atoms with E-state index in [-0.39, 0.29) is 23.1 Å². The fourth-order valence-electron chi connectivity index (χ4n) is 1.40. The summed E-state index contributed by atoms with van der Waals surface area (Å²) in [5.74, 6) is 0.157. The first-order valence-electron chi connectivity index (χ1n) is 5.97. The molecule has 20 heavy (non-hydrogen) atoms. The van der Waals surface area contributed by atoms with Crippen molar-refractivity contribution in [3.05, 3.63) is 43.9 Å². The molecule has 0 radical (unpaired) electrons. The van der Waals surface area contributed by atoms with Crippen molar-refractivity contribution >= 4 is 33.2 Å². The van der Waals surface area contributed by atoms with Crippen molar-refractivity contribution in [2.24, 2.45) is 0 Å². The number of nitro groups is 1. The highest BCUT2D eigenvalue weighted by Crippen LogP contribution is 2.38. The Morgan fingerprint density at radius 1 is 1.60 bits per heavy atom. The smallest absolute Gasteiger partial charge is 0.313 e. The Morgan fingerprint density at radius 3 is 2.80 bits per heavy atom. The molecule has 1 N–H and O–H groups in total. The lowest BCUT2D eigenvalue weighted by Gasteiger charge is -2.13. The predicted octanol–water partition coefficient (Wildman–Crippen LogP) is 3.94. The zero-order chi connectivity index (χ0) is 15.3. The van der Waals surface area contributed by atoms with Crippen LogP contribution in [-0.4, -0.2) is 24.1 Å².